The van der Waals surface area contributed by atoms with E-state index in [9.17, 15) is 0 Å². The molecule has 11 heavy (non-hydrogen) atoms. The predicted octanol–water partition coefficient (Wildman–Crippen LogP) is 0.957. The van der Waals surface area contributed by atoms with Gasteiger partial charge in [0.25, 0.3) is 0 Å². The molecule has 1 N–H and O–H groups in total. The van der Waals surface area contributed by atoms with Crippen LogP contribution >= 0.6 is 0 Å². The summed E-state index contributed by atoms with van der Waals surface area (Å²) in [4.78, 5) is 2.45. The third-order valence-electron chi connectivity index (χ3n) is 2.25. The van der Waals surface area contributed by atoms with Gasteiger partial charge in [-0.2, -0.15) is 0 Å². The van der Waals surface area contributed by atoms with Gasteiger partial charge in [-0.05, 0) is 24.8 Å². The van der Waals surface area contributed by atoms with Crippen molar-refractivity contribution >= 4 is 0 Å². The van der Waals surface area contributed by atoms with Crippen LogP contribution in [0.4, 0.5) is 0 Å². The molecule has 66 valence electrons. The molecule has 0 aliphatic carbocycles. The van der Waals surface area contributed by atoms with Crippen molar-refractivity contribution in [3.8, 4) is 0 Å². The molecule has 0 spiro atoms. The first-order valence-electron chi connectivity index (χ1n) is 4.55. The summed E-state index contributed by atoms with van der Waals surface area (Å²) < 4.78 is 0. The smallest absolute Gasteiger partial charge is 0.0471 e. The van der Waals surface area contributed by atoms with E-state index in [4.69, 9.17) is 5.11 Å². The van der Waals surface area contributed by atoms with E-state index in [1.165, 1.54) is 19.5 Å². The zero-order valence-corrected chi connectivity index (χ0v) is 7.58. The molecule has 0 radical (unpaired) electrons. The molecule has 1 aliphatic rings. The highest BCUT2D eigenvalue weighted by Gasteiger charge is 2.21. The van der Waals surface area contributed by atoms with E-state index in [1.54, 1.807) is 0 Å². The number of likely N-dealkylation sites (tertiary alicyclic amines) is 1. The summed E-state index contributed by atoms with van der Waals surface area (Å²) in [5.74, 6) is 1.31. The van der Waals surface area contributed by atoms with E-state index in [-0.39, 0.29) is 0 Å². The van der Waals surface area contributed by atoms with E-state index in [1.807, 2.05) is 0 Å². The zero-order chi connectivity index (χ0) is 8.27. The van der Waals surface area contributed by atoms with Gasteiger partial charge in [0, 0.05) is 19.7 Å². The van der Waals surface area contributed by atoms with Gasteiger partial charge in [0.05, 0.1) is 0 Å². The molecule has 2 heteroatoms. The molecule has 2 nitrogen and oxygen atoms in total. The molecule has 0 aromatic carbocycles. The van der Waals surface area contributed by atoms with Gasteiger partial charge in [0.2, 0.25) is 0 Å². The van der Waals surface area contributed by atoms with Gasteiger partial charge >= 0.3 is 0 Å². The molecule has 0 saturated carbocycles. The van der Waals surface area contributed by atoms with Crippen LogP contribution < -0.4 is 0 Å². The monoisotopic (exact) mass is 157 g/mol. The van der Waals surface area contributed by atoms with Crippen LogP contribution in [0.15, 0.2) is 0 Å². The Morgan fingerprint density at radius 1 is 1.55 bits per heavy atom. The zero-order valence-electron chi connectivity index (χ0n) is 7.58. The van der Waals surface area contributed by atoms with Crippen LogP contribution in [0.5, 0.6) is 0 Å². The van der Waals surface area contributed by atoms with Crippen molar-refractivity contribution in [3.63, 3.8) is 0 Å². The Morgan fingerprint density at radius 2 is 2.27 bits per heavy atom. The number of hydrogen-bond donors (Lipinski definition) is 1. The Kier molecular flexibility index (Phi) is 3.34. The molecule has 0 aromatic rings. The Morgan fingerprint density at radius 3 is 2.73 bits per heavy atom. The van der Waals surface area contributed by atoms with Gasteiger partial charge in [-0.15, -0.1) is 0 Å². The van der Waals surface area contributed by atoms with Crippen molar-refractivity contribution in [3.05, 3.63) is 0 Å². The highest BCUT2D eigenvalue weighted by molar-refractivity contribution is 4.75. The first kappa shape index (κ1) is 9.01. The van der Waals surface area contributed by atoms with Crippen LogP contribution in [0.2, 0.25) is 0 Å². The van der Waals surface area contributed by atoms with Crippen molar-refractivity contribution in [2.75, 3.05) is 26.2 Å². The Balaban J connectivity index is 2.19. The third kappa shape index (κ3) is 2.80. The molecular formula is C9H19NO. The van der Waals surface area contributed by atoms with Gasteiger partial charge < -0.3 is 10.0 Å². The lowest BCUT2D eigenvalue weighted by molar-refractivity contribution is 0.216. The molecule has 1 saturated heterocycles. The standard InChI is InChI=1S/C9H19NO/c1-8(2)5-10-4-3-9(6-10)7-11/h8-9,11H,3-7H2,1-2H3/t9-/m0/s1. The van der Waals surface area contributed by atoms with Gasteiger partial charge in [-0.25, -0.2) is 0 Å². The van der Waals surface area contributed by atoms with Crippen molar-refractivity contribution in [2.45, 2.75) is 20.3 Å². The van der Waals surface area contributed by atoms with Gasteiger partial charge in [0.1, 0.15) is 0 Å². The molecule has 0 bridgehead atoms. The summed E-state index contributed by atoms with van der Waals surface area (Å²) >= 11 is 0. The molecule has 1 aliphatic heterocycles. The van der Waals surface area contributed by atoms with E-state index in [0.717, 1.165) is 12.5 Å². The van der Waals surface area contributed by atoms with Crippen molar-refractivity contribution in [1.29, 1.82) is 0 Å². The molecule has 0 unspecified atom stereocenters. The Hall–Kier alpha value is -0.0800. The minimum Gasteiger partial charge on any atom is -0.396 e. The van der Waals surface area contributed by atoms with Crippen LogP contribution in [0.3, 0.4) is 0 Å². The van der Waals surface area contributed by atoms with Crippen LogP contribution in [0.1, 0.15) is 20.3 Å². The molecule has 1 heterocycles. The number of aliphatic hydroxyl groups excluding tert-OH is 1. The van der Waals surface area contributed by atoms with Crippen LogP contribution in [-0.2, 0) is 0 Å². The minimum atomic E-state index is 0.370. The first-order chi connectivity index (χ1) is 5.22. The lowest BCUT2D eigenvalue weighted by Crippen LogP contribution is -2.25. The predicted molar refractivity (Wildman–Crippen MR) is 46.5 cm³/mol. The molecule has 1 atom stereocenters. The number of aliphatic hydroxyl groups is 1. The average Bonchev–Trinajstić information content (AvgIpc) is 2.34. The maximum Gasteiger partial charge on any atom is 0.0471 e. The number of hydrogen-bond acceptors (Lipinski definition) is 2. The second-order valence-corrected chi connectivity index (χ2v) is 3.99. The number of rotatable bonds is 3. The summed E-state index contributed by atoms with van der Waals surface area (Å²) in [5.41, 5.74) is 0. The maximum atomic E-state index is 8.89. The summed E-state index contributed by atoms with van der Waals surface area (Å²) in [6, 6.07) is 0. The highest BCUT2D eigenvalue weighted by atomic mass is 16.3. The second kappa shape index (κ2) is 4.07. The summed E-state index contributed by atoms with van der Waals surface area (Å²) in [6.45, 7) is 8.34. The quantitative estimate of drug-likeness (QED) is 0.659. The van der Waals surface area contributed by atoms with Gasteiger partial charge in [-0.1, -0.05) is 13.8 Å². The lowest BCUT2D eigenvalue weighted by atomic mass is 10.1. The molecule has 0 aromatic heterocycles. The van der Waals surface area contributed by atoms with E-state index < -0.39 is 0 Å². The van der Waals surface area contributed by atoms with Crippen LogP contribution in [0.25, 0.3) is 0 Å². The maximum absolute atomic E-state index is 8.89. The number of nitrogens with zero attached hydrogens (tertiary/aromatic N) is 1. The minimum absolute atomic E-state index is 0.370. The first-order valence-corrected chi connectivity index (χ1v) is 4.55. The average molecular weight is 157 g/mol. The van der Waals surface area contributed by atoms with Gasteiger partial charge in [-0.3, -0.25) is 0 Å². The van der Waals surface area contributed by atoms with Gasteiger partial charge in [0.15, 0.2) is 0 Å². The Bertz CT molecular complexity index is 114. The Labute approximate surface area is 69.2 Å². The topological polar surface area (TPSA) is 23.5 Å². The third-order valence-corrected chi connectivity index (χ3v) is 2.25. The fourth-order valence-corrected chi connectivity index (χ4v) is 1.74. The van der Waals surface area contributed by atoms with Crippen LogP contribution in [0, 0.1) is 11.8 Å². The summed E-state index contributed by atoms with van der Waals surface area (Å²) in [6.07, 6.45) is 1.18. The SMILES string of the molecule is CC(C)CN1CC[C@H](CO)C1. The van der Waals surface area contributed by atoms with E-state index >= 15 is 0 Å². The molecule has 1 fully saturated rings. The van der Waals surface area contributed by atoms with E-state index in [2.05, 4.69) is 18.7 Å². The molecule has 1 rings (SSSR count). The summed E-state index contributed by atoms with van der Waals surface area (Å²) in [5, 5.41) is 8.89. The summed E-state index contributed by atoms with van der Waals surface area (Å²) in [7, 11) is 0. The fraction of sp³-hybridized carbons (Fsp3) is 1.00. The molecule has 0 amide bonds. The van der Waals surface area contributed by atoms with Crippen molar-refractivity contribution in [1.82, 2.24) is 4.90 Å². The molecular weight excluding hydrogens is 138 g/mol. The largest absolute Gasteiger partial charge is 0.396 e. The lowest BCUT2D eigenvalue weighted by Gasteiger charge is -2.17. The fourth-order valence-electron chi connectivity index (χ4n) is 1.74. The van der Waals surface area contributed by atoms with Crippen molar-refractivity contribution < 1.29 is 5.11 Å². The normalized spacial score (nSPS) is 26.7. The second-order valence-electron chi connectivity index (χ2n) is 3.99. The van der Waals surface area contributed by atoms with Crippen LogP contribution in [-0.4, -0.2) is 36.2 Å². The van der Waals surface area contributed by atoms with Crippen molar-refractivity contribution in [2.24, 2.45) is 11.8 Å². The highest BCUT2D eigenvalue weighted by Crippen LogP contribution is 2.16. The van der Waals surface area contributed by atoms with E-state index in [0.29, 0.717) is 12.5 Å².